The highest BCUT2D eigenvalue weighted by molar-refractivity contribution is 5.94. The minimum Gasteiger partial charge on any atom is -0.369 e. The first-order valence-corrected chi connectivity index (χ1v) is 8.51. The zero-order chi connectivity index (χ0) is 15.9. The van der Waals surface area contributed by atoms with Crippen molar-refractivity contribution in [1.29, 1.82) is 0 Å². The number of carbonyl (C=O) groups is 1. The molecule has 0 bridgehead atoms. The summed E-state index contributed by atoms with van der Waals surface area (Å²) in [5, 5.41) is 7.38. The van der Waals surface area contributed by atoms with Gasteiger partial charge in [0.1, 0.15) is 0 Å². The van der Waals surface area contributed by atoms with E-state index in [1.807, 2.05) is 11.8 Å². The highest BCUT2D eigenvalue weighted by Crippen LogP contribution is 2.33. The molecule has 1 aromatic heterocycles. The summed E-state index contributed by atoms with van der Waals surface area (Å²) in [5.41, 5.74) is 2.65. The minimum atomic E-state index is -0.0159. The third kappa shape index (κ3) is 3.05. The lowest BCUT2D eigenvalue weighted by Crippen LogP contribution is -2.36. The Balaban J connectivity index is 1.82. The average Bonchev–Trinajstić information content (AvgIpc) is 3.17. The van der Waals surface area contributed by atoms with Crippen LogP contribution in [0.4, 0.5) is 0 Å². The number of amides is 1. The fraction of sp³-hybridized carbons (Fsp3) is 0.765. The van der Waals surface area contributed by atoms with E-state index in [0.717, 1.165) is 43.5 Å². The predicted octanol–water partition coefficient (Wildman–Crippen LogP) is 3.08. The van der Waals surface area contributed by atoms with Gasteiger partial charge in [0.05, 0.1) is 17.9 Å². The van der Waals surface area contributed by atoms with E-state index in [1.54, 1.807) is 0 Å². The summed E-state index contributed by atoms with van der Waals surface area (Å²) in [6.07, 6.45) is 4.19. The number of nitrogens with one attached hydrogen (secondary N) is 1. The molecule has 3 rings (SSSR count). The van der Waals surface area contributed by atoms with Crippen molar-refractivity contribution in [3.8, 4) is 0 Å². The number of aromatic nitrogens is 2. The fourth-order valence-corrected chi connectivity index (χ4v) is 3.22. The van der Waals surface area contributed by atoms with Crippen LogP contribution in [0.15, 0.2) is 0 Å². The maximum Gasteiger partial charge on any atom is 0.274 e. The molecule has 2 heterocycles. The van der Waals surface area contributed by atoms with E-state index < -0.39 is 0 Å². The monoisotopic (exact) mass is 305 g/mol. The summed E-state index contributed by atoms with van der Waals surface area (Å²) >= 11 is 0. The second-order valence-corrected chi connectivity index (χ2v) is 7.17. The molecule has 2 aliphatic rings. The van der Waals surface area contributed by atoms with Gasteiger partial charge in [-0.15, -0.1) is 0 Å². The third-order valence-corrected chi connectivity index (χ3v) is 4.63. The van der Waals surface area contributed by atoms with Crippen molar-refractivity contribution in [2.75, 3.05) is 6.54 Å². The van der Waals surface area contributed by atoms with Crippen LogP contribution >= 0.6 is 0 Å². The van der Waals surface area contributed by atoms with Crippen LogP contribution in [-0.2, 0) is 11.2 Å². The zero-order valence-corrected chi connectivity index (χ0v) is 14.1. The van der Waals surface area contributed by atoms with Gasteiger partial charge in [-0.05, 0) is 39.0 Å². The molecule has 22 heavy (non-hydrogen) atoms. The smallest absolute Gasteiger partial charge is 0.274 e. The van der Waals surface area contributed by atoms with E-state index >= 15 is 0 Å². The van der Waals surface area contributed by atoms with Crippen LogP contribution in [0.3, 0.4) is 0 Å². The molecule has 0 unspecified atom stereocenters. The standard InChI is InChI=1S/C17H27N3O2/c1-10(2)7-8-20(13-5-6-13)17(21)16-14-9-11(3)22-12(4)15(14)18-19-16/h10-13H,5-9H2,1-4H3,(H,18,19)/t11-,12+/m0/s1. The van der Waals surface area contributed by atoms with Gasteiger partial charge in [0.2, 0.25) is 0 Å². The number of aromatic amines is 1. The number of hydrogen-bond donors (Lipinski definition) is 1. The van der Waals surface area contributed by atoms with Crippen molar-refractivity contribution >= 4 is 5.91 Å². The maximum absolute atomic E-state index is 13.0. The van der Waals surface area contributed by atoms with E-state index in [9.17, 15) is 4.79 Å². The maximum atomic E-state index is 13.0. The van der Waals surface area contributed by atoms with Crippen LogP contribution in [0.5, 0.6) is 0 Å². The molecule has 5 heteroatoms. The number of nitrogens with zero attached hydrogens (tertiary/aromatic N) is 2. The van der Waals surface area contributed by atoms with Crippen LogP contribution in [-0.4, -0.2) is 39.7 Å². The Bertz CT molecular complexity index is 548. The Hall–Kier alpha value is -1.36. The molecule has 1 saturated carbocycles. The molecule has 5 nitrogen and oxygen atoms in total. The van der Waals surface area contributed by atoms with Gasteiger partial charge in [-0.3, -0.25) is 9.89 Å². The first kappa shape index (κ1) is 15.5. The summed E-state index contributed by atoms with van der Waals surface area (Å²) in [6.45, 7) is 9.31. The number of hydrogen-bond acceptors (Lipinski definition) is 3. The second-order valence-electron chi connectivity index (χ2n) is 7.17. The summed E-state index contributed by atoms with van der Waals surface area (Å²) in [4.78, 5) is 15.0. The summed E-state index contributed by atoms with van der Waals surface area (Å²) in [6, 6.07) is 0.424. The number of rotatable bonds is 5. The lowest BCUT2D eigenvalue weighted by Gasteiger charge is -2.27. The molecule has 1 aromatic rings. The van der Waals surface area contributed by atoms with Gasteiger partial charge >= 0.3 is 0 Å². The SMILES string of the molecule is CC(C)CCN(C(=O)c1n[nH]c2c1C[C@H](C)O[C@@H]2C)C1CC1. The number of H-pyrrole nitrogens is 1. The quantitative estimate of drug-likeness (QED) is 0.909. The highest BCUT2D eigenvalue weighted by atomic mass is 16.5. The molecule has 1 fully saturated rings. The van der Waals surface area contributed by atoms with Crippen molar-refractivity contribution in [3.63, 3.8) is 0 Å². The van der Waals surface area contributed by atoms with Crippen molar-refractivity contribution in [2.24, 2.45) is 5.92 Å². The molecule has 1 amide bonds. The molecule has 122 valence electrons. The molecule has 0 radical (unpaired) electrons. The minimum absolute atomic E-state index is 0.0159. The predicted molar refractivity (Wildman–Crippen MR) is 84.8 cm³/mol. The van der Waals surface area contributed by atoms with E-state index in [0.29, 0.717) is 17.7 Å². The number of ether oxygens (including phenoxy) is 1. The third-order valence-electron chi connectivity index (χ3n) is 4.63. The van der Waals surface area contributed by atoms with Crippen LogP contribution in [0.1, 0.15) is 74.8 Å². The normalized spacial score (nSPS) is 24.4. The van der Waals surface area contributed by atoms with E-state index in [1.165, 1.54) is 0 Å². The molecule has 1 aliphatic heterocycles. The Kier molecular flexibility index (Phi) is 4.26. The van der Waals surface area contributed by atoms with Crippen molar-refractivity contribution in [1.82, 2.24) is 15.1 Å². The molecule has 0 saturated heterocycles. The fourth-order valence-electron chi connectivity index (χ4n) is 3.22. The van der Waals surface area contributed by atoms with Crippen LogP contribution in [0, 0.1) is 5.92 Å². The van der Waals surface area contributed by atoms with Gasteiger partial charge in [-0.25, -0.2) is 0 Å². The van der Waals surface area contributed by atoms with Crippen molar-refractivity contribution in [3.05, 3.63) is 17.0 Å². The van der Waals surface area contributed by atoms with Gasteiger partial charge in [-0.2, -0.15) is 5.10 Å². The van der Waals surface area contributed by atoms with Crippen molar-refractivity contribution < 1.29 is 9.53 Å². The van der Waals surface area contributed by atoms with Crippen molar-refractivity contribution in [2.45, 2.75) is 71.6 Å². The van der Waals surface area contributed by atoms with Gasteiger partial charge in [0, 0.05) is 24.6 Å². The number of fused-ring (bicyclic) bond motifs is 1. The molecule has 0 spiro atoms. The highest BCUT2D eigenvalue weighted by Gasteiger charge is 2.37. The zero-order valence-electron chi connectivity index (χ0n) is 14.1. The van der Waals surface area contributed by atoms with Gasteiger partial charge < -0.3 is 9.64 Å². The molecule has 1 aliphatic carbocycles. The molecule has 2 atom stereocenters. The van der Waals surface area contributed by atoms with E-state index in [-0.39, 0.29) is 18.1 Å². The summed E-state index contributed by atoms with van der Waals surface area (Å²) < 4.78 is 5.81. The molecular weight excluding hydrogens is 278 g/mol. The topological polar surface area (TPSA) is 58.2 Å². The Morgan fingerprint density at radius 3 is 2.77 bits per heavy atom. The van der Waals surface area contributed by atoms with Crippen LogP contribution in [0.25, 0.3) is 0 Å². The Labute approximate surface area is 132 Å². The lowest BCUT2D eigenvalue weighted by atomic mass is 9.99. The molecule has 0 aromatic carbocycles. The van der Waals surface area contributed by atoms with Gasteiger partial charge in [0.15, 0.2) is 5.69 Å². The largest absolute Gasteiger partial charge is 0.369 e. The first-order valence-electron chi connectivity index (χ1n) is 8.51. The first-order chi connectivity index (χ1) is 10.5. The van der Waals surface area contributed by atoms with Crippen LogP contribution < -0.4 is 0 Å². The summed E-state index contributed by atoms with van der Waals surface area (Å²) in [5.74, 6) is 0.706. The summed E-state index contributed by atoms with van der Waals surface area (Å²) in [7, 11) is 0. The van der Waals surface area contributed by atoms with E-state index in [4.69, 9.17) is 4.74 Å². The van der Waals surface area contributed by atoms with Crippen LogP contribution in [0.2, 0.25) is 0 Å². The van der Waals surface area contributed by atoms with Gasteiger partial charge in [0.25, 0.3) is 5.91 Å². The molecule has 1 N–H and O–H groups in total. The Morgan fingerprint density at radius 1 is 1.41 bits per heavy atom. The van der Waals surface area contributed by atoms with E-state index in [2.05, 4.69) is 31.0 Å². The molecular formula is C17H27N3O2. The number of carbonyl (C=O) groups excluding carboxylic acids is 1. The average molecular weight is 305 g/mol. The second kappa shape index (κ2) is 6.03. The Morgan fingerprint density at radius 2 is 2.14 bits per heavy atom. The lowest BCUT2D eigenvalue weighted by molar-refractivity contribution is -0.00702. The van der Waals surface area contributed by atoms with Gasteiger partial charge in [-0.1, -0.05) is 13.8 Å².